The van der Waals surface area contributed by atoms with Gasteiger partial charge in [-0.2, -0.15) is 0 Å². The van der Waals surface area contributed by atoms with Gasteiger partial charge in [0.25, 0.3) is 5.91 Å². The number of amides is 1. The van der Waals surface area contributed by atoms with Crippen LogP contribution in [0.5, 0.6) is 0 Å². The lowest BCUT2D eigenvalue weighted by molar-refractivity contribution is 0.0950. The van der Waals surface area contributed by atoms with Crippen LogP contribution in [0.2, 0.25) is 0 Å². The Labute approximate surface area is 131 Å². The number of benzene rings is 1. The van der Waals surface area contributed by atoms with Crippen LogP contribution >= 0.6 is 0 Å². The van der Waals surface area contributed by atoms with Crippen molar-refractivity contribution in [1.82, 2.24) is 15.3 Å². The van der Waals surface area contributed by atoms with Crippen LogP contribution < -0.4 is 16.3 Å². The summed E-state index contributed by atoms with van der Waals surface area (Å²) in [5, 5.41) is 6.66. The molecule has 0 atom stereocenters. The zero-order valence-corrected chi connectivity index (χ0v) is 12.2. The molecule has 2 N–H and O–H groups in total. The van der Waals surface area contributed by atoms with Crippen LogP contribution in [0.15, 0.2) is 58.1 Å². The molecule has 0 spiro atoms. The number of carbonyl (C=O) groups excluding carboxylic acids is 1. The number of nitrogens with one attached hydrogen (secondary N) is 2. The zero-order valence-electron chi connectivity index (χ0n) is 12.2. The minimum Gasteiger partial charge on any atom is -0.423 e. The summed E-state index contributed by atoms with van der Waals surface area (Å²) >= 11 is 0. The summed E-state index contributed by atoms with van der Waals surface area (Å²) in [6, 6.07) is 8.66. The summed E-state index contributed by atoms with van der Waals surface area (Å²) < 4.78 is 5.12. The van der Waals surface area contributed by atoms with Crippen LogP contribution in [-0.4, -0.2) is 29.0 Å². The van der Waals surface area contributed by atoms with Crippen LogP contribution in [0, 0.1) is 0 Å². The molecule has 0 aliphatic carbocycles. The van der Waals surface area contributed by atoms with E-state index in [4.69, 9.17) is 4.42 Å². The fourth-order valence-corrected chi connectivity index (χ4v) is 2.14. The van der Waals surface area contributed by atoms with Gasteiger partial charge in [-0.3, -0.25) is 9.78 Å². The van der Waals surface area contributed by atoms with Crippen molar-refractivity contribution in [1.29, 1.82) is 0 Å². The van der Waals surface area contributed by atoms with E-state index in [9.17, 15) is 9.59 Å². The molecule has 0 saturated carbocycles. The van der Waals surface area contributed by atoms with E-state index >= 15 is 0 Å². The largest absolute Gasteiger partial charge is 0.423 e. The van der Waals surface area contributed by atoms with E-state index in [-0.39, 0.29) is 11.6 Å². The summed E-state index contributed by atoms with van der Waals surface area (Å²) in [6.45, 7) is 0.837. The normalized spacial score (nSPS) is 10.4. The SMILES string of the molecule is O=C(NCCNc1cc(=O)oc2ccccc12)c1cnccn1. The predicted molar refractivity (Wildman–Crippen MR) is 85.3 cm³/mol. The van der Waals surface area contributed by atoms with Gasteiger partial charge in [0.2, 0.25) is 0 Å². The average molecular weight is 310 g/mol. The molecule has 0 radical (unpaired) electrons. The van der Waals surface area contributed by atoms with Gasteiger partial charge in [-0.25, -0.2) is 9.78 Å². The molecule has 7 heteroatoms. The van der Waals surface area contributed by atoms with Crippen LogP contribution in [-0.2, 0) is 0 Å². The van der Waals surface area contributed by atoms with Gasteiger partial charge in [-0.15, -0.1) is 0 Å². The highest BCUT2D eigenvalue weighted by molar-refractivity contribution is 5.92. The lowest BCUT2D eigenvalue weighted by Crippen LogP contribution is -2.29. The second-order valence-electron chi connectivity index (χ2n) is 4.75. The fourth-order valence-electron chi connectivity index (χ4n) is 2.14. The molecular formula is C16H14N4O3. The fraction of sp³-hybridized carbons (Fsp3) is 0.125. The quantitative estimate of drug-likeness (QED) is 0.546. The van der Waals surface area contributed by atoms with Gasteiger partial charge in [0, 0.05) is 36.9 Å². The van der Waals surface area contributed by atoms with Crippen molar-refractivity contribution in [2.45, 2.75) is 0 Å². The van der Waals surface area contributed by atoms with Crippen molar-refractivity contribution in [3.05, 3.63) is 65.0 Å². The minimum atomic E-state index is -0.421. The number of hydrogen-bond donors (Lipinski definition) is 2. The number of nitrogens with zero attached hydrogens (tertiary/aromatic N) is 2. The maximum atomic E-state index is 11.8. The van der Waals surface area contributed by atoms with Crippen LogP contribution in [0.1, 0.15) is 10.5 Å². The molecule has 0 aliphatic rings. The summed E-state index contributed by atoms with van der Waals surface area (Å²) in [7, 11) is 0. The van der Waals surface area contributed by atoms with Crippen LogP contribution in [0.3, 0.4) is 0 Å². The molecule has 0 saturated heterocycles. The van der Waals surface area contributed by atoms with Gasteiger partial charge in [-0.1, -0.05) is 12.1 Å². The van der Waals surface area contributed by atoms with E-state index in [0.717, 1.165) is 5.39 Å². The van der Waals surface area contributed by atoms with Crippen LogP contribution in [0.4, 0.5) is 5.69 Å². The first-order valence-corrected chi connectivity index (χ1v) is 7.05. The Morgan fingerprint density at radius 3 is 2.87 bits per heavy atom. The van der Waals surface area contributed by atoms with Crippen molar-refractivity contribution in [2.24, 2.45) is 0 Å². The number of carbonyl (C=O) groups is 1. The van der Waals surface area contributed by atoms with E-state index in [2.05, 4.69) is 20.6 Å². The number of fused-ring (bicyclic) bond motifs is 1. The third kappa shape index (κ3) is 3.52. The number of anilines is 1. The second-order valence-corrected chi connectivity index (χ2v) is 4.75. The number of hydrogen-bond acceptors (Lipinski definition) is 6. The third-order valence-corrected chi connectivity index (χ3v) is 3.17. The monoisotopic (exact) mass is 310 g/mol. The van der Waals surface area contributed by atoms with Gasteiger partial charge in [0.15, 0.2) is 0 Å². The third-order valence-electron chi connectivity index (χ3n) is 3.17. The zero-order chi connectivity index (χ0) is 16.1. The first-order valence-electron chi connectivity index (χ1n) is 7.05. The first kappa shape index (κ1) is 14.7. The Morgan fingerprint density at radius 1 is 1.17 bits per heavy atom. The van der Waals surface area contributed by atoms with Gasteiger partial charge in [0.1, 0.15) is 11.3 Å². The molecule has 0 unspecified atom stereocenters. The molecule has 2 heterocycles. The van der Waals surface area contributed by atoms with Crippen LogP contribution in [0.25, 0.3) is 11.0 Å². The highest BCUT2D eigenvalue weighted by Gasteiger charge is 2.07. The summed E-state index contributed by atoms with van der Waals surface area (Å²) in [4.78, 5) is 31.1. The van der Waals surface area contributed by atoms with E-state index in [1.54, 1.807) is 12.1 Å². The molecule has 0 bridgehead atoms. The Balaban J connectivity index is 1.61. The average Bonchev–Trinajstić information content (AvgIpc) is 2.59. The topological polar surface area (TPSA) is 97.1 Å². The Bertz CT molecular complexity index is 877. The van der Waals surface area contributed by atoms with E-state index in [1.807, 2.05) is 12.1 Å². The standard InChI is InChI=1S/C16H14N4O3/c21-15-9-12(11-3-1-2-4-14(11)23-15)18-7-8-20-16(22)13-10-17-5-6-19-13/h1-6,9-10,18H,7-8H2,(H,20,22). The maximum absolute atomic E-state index is 11.8. The molecule has 7 nitrogen and oxygen atoms in total. The van der Waals surface area contributed by atoms with E-state index in [1.165, 1.54) is 24.7 Å². The van der Waals surface area contributed by atoms with Gasteiger partial charge in [-0.05, 0) is 12.1 Å². The maximum Gasteiger partial charge on any atom is 0.338 e. The first-order chi connectivity index (χ1) is 11.2. The number of aromatic nitrogens is 2. The smallest absolute Gasteiger partial charge is 0.338 e. The number of rotatable bonds is 5. The Kier molecular flexibility index (Phi) is 4.28. The molecule has 3 aromatic rings. The summed E-state index contributed by atoms with van der Waals surface area (Å²) in [5.41, 5.74) is 1.03. The molecule has 2 aromatic heterocycles. The molecule has 1 amide bonds. The molecule has 0 aliphatic heterocycles. The molecule has 3 rings (SSSR count). The highest BCUT2D eigenvalue weighted by atomic mass is 16.4. The molecule has 1 aromatic carbocycles. The molecular weight excluding hydrogens is 296 g/mol. The predicted octanol–water partition coefficient (Wildman–Crippen LogP) is 1.42. The number of para-hydroxylation sites is 1. The highest BCUT2D eigenvalue weighted by Crippen LogP contribution is 2.20. The van der Waals surface area contributed by atoms with Gasteiger partial charge in [0.05, 0.1) is 11.9 Å². The van der Waals surface area contributed by atoms with E-state index in [0.29, 0.717) is 24.4 Å². The molecule has 23 heavy (non-hydrogen) atoms. The second kappa shape index (κ2) is 6.69. The Morgan fingerprint density at radius 2 is 2.04 bits per heavy atom. The van der Waals surface area contributed by atoms with Crippen molar-refractivity contribution in [3.63, 3.8) is 0 Å². The minimum absolute atomic E-state index is 0.262. The molecule has 116 valence electrons. The summed E-state index contributed by atoms with van der Waals surface area (Å²) in [5.74, 6) is -0.294. The van der Waals surface area contributed by atoms with E-state index < -0.39 is 5.63 Å². The molecule has 0 fully saturated rings. The lowest BCUT2D eigenvalue weighted by Gasteiger charge is -2.09. The summed E-state index contributed by atoms with van der Waals surface area (Å²) in [6.07, 6.45) is 4.37. The van der Waals surface area contributed by atoms with Crippen molar-refractivity contribution in [2.75, 3.05) is 18.4 Å². The van der Waals surface area contributed by atoms with Crippen molar-refractivity contribution in [3.8, 4) is 0 Å². The van der Waals surface area contributed by atoms with Crippen molar-refractivity contribution >= 4 is 22.6 Å². The van der Waals surface area contributed by atoms with Gasteiger partial charge >= 0.3 is 5.63 Å². The van der Waals surface area contributed by atoms with Crippen molar-refractivity contribution < 1.29 is 9.21 Å². The lowest BCUT2D eigenvalue weighted by atomic mass is 10.2. The van der Waals surface area contributed by atoms with Gasteiger partial charge < -0.3 is 15.1 Å². The Hall–Kier alpha value is -3.22.